The van der Waals surface area contributed by atoms with Crippen LogP contribution in [0.3, 0.4) is 0 Å². The third kappa shape index (κ3) is 3.70. The third-order valence-corrected chi connectivity index (χ3v) is 5.19. The fraction of sp³-hybridized carbons (Fsp3) is 0.611. The Morgan fingerprint density at radius 3 is 2.62 bits per heavy atom. The zero-order valence-electron chi connectivity index (χ0n) is 14.0. The van der Waals surface area contributed by atoms with E-state index in [1.54, 1.807) is 24.0 Å². The zero-order valence-corrected chi connectivity index (χ0v) is 14.0. The summed E-state index contributed by atoms with van der Waals surface area (Å²) in [4.78, 5) is 14.2. The van der Waals surface area contributed by atoms with E-state index in [0.29, 0.717) is 37.4 Å². The van der Waals surface area contributed by atoms with Crippen LogP contribution in [0.1, 0.15) is 42.9 Å². The van der Waals surface area contributed by atoms with Crippen LogP contribution in [-0.2, 0) is 0 Å². The van der Waals surface area contributed by atoms with Crippen LogP contribution in [0.15, 0.2) is 18.2 Å². The zero-order chi connectivity index (χ0) is 17.3. The van der Waals surface area contributed by atoms with Gasteiger partial charge >= 0.3 is 6.03 Å². The Hall–Kier alpha value is -1.66. The van der Waals surface area contributed by atoms with Gasteiger partial charge in [-0.1, -0.05) is 12.1 Å². The van der Waals surface area contributed by atoms with Gasteiger partial charge in [0.25, 0.3) is 0 Å². The molecule has 2 fully saturated rings. The Labute approximate surface area is 141 Å². The van der Waals surface area contributed by atoms with E-state index >= 15 is 0 Å². The predicted molar refractivity (Wildman–Crippen MR) is 88.0 cm³/mol. The SMILES string of the molecule is Cc1cc(C(NC(=O)N2CCC(O)(CO)CC2)C2CC2)ccc1F. The lowest BCUT2D eigenvalue weighted by Gasteiger charge is -2.37. The first-order valence-electron chi connectivity index (χ1n) is 8.56. The van der Waals surface area contributed by atoms with Crippen LogP contribution < -0.4 is 5.32 Å². The molecule has 6 heteroatoms. The molecule has 3 N–H and O–H groups in total. The topological polar surface area (TPSA) is 72.8 Å². The first-order valence-corrected chi connectivity index (χ1v) is 8.56. The summed E-state index contributed by atoms with van der Waals surface area (Å²) in [5.74, 6) is 0.164. The average Bonchev–Trinajstić information content (AvgIpc) is 3.40. The minimum Gasteiger partial charge on any atom is -0.393 e. The number of piperidine rings is 1. The monoisotopic (exact) mass is 336 g/mol. The van der Waals surface area contributed by atoms with Crippen molar-refractivity contribution in [2.24, 2.45) is 5.92 Å². The van der Waals surface area contributed by atoms with Gasteiger partial charge in [-0.05, 0) is 55.7 Å². The van der Waals surface area contributed by atoms with Crippen molar-refractivity contribution in [1.29, 1.82) is 0 Å². The molecule has 132 valence electrons. The number of halogens is 1. The molecule has 1 unspecified atom stereocenters. The minimum absolute atomic E-state index is 0.101. The maximum absolute atomic E-state index is 13.5. The number of carbonyl (C=O) groups excluding carboxylic acids is 1. The summed E-state index contributed by atoms with van der Waals surface area (Å²) in [6.45, 7) is 2.29. The van der Waals surface area contributed by atoms with Crippen molar-refractivity contribution >= 4 is 6.03 Å². The normalized spacial score (nSPS) is 21.4. The largest absolute Gasteiger partial charge is 0.393 e. The number of aliphatic hydroxyl groups excluding tert-OH is 1. The van der Waals surface area contributed by atoms with E-state index in [9.17, 15) is 19.4 Å². The summed E-state index contributed by atoms with van der Waals surface area (Å²) < 4.78 is 13.5. The van der Waals surface area contributed by atoms with Gasteiger partial charge in [-0.3, -0.25) is 0 Å². The first-order chi connectivity index (χ1) is 11.4. The van der Waals surface area contributed by atoms with Gasteiger partial charge in [0.15, 0.2) is 0 Å². The van der Waals surface area contributed by atoms with E-state index in [4.69, 9.17) is 0 Å². The Kier molecular flexibility index (Phi) is 4.78. The lowest BCUT2D eigenvalue weighted by atomic mass is 9.92. The van der Waals surface area contributed by atoms with E-state index in [1.807, 2.05) is 0 Å². The maximum atomic E-state index is 13.5. The summed E-state index contributed by atoms with van der Waals surface area (Å²) in [5, 5.41) is 22.3. The Balaban J connectivity index is 1.66. The van der Waals surface area contributed by atoms with Crippen LogP contribution in [0, 0.1) is 18.7 Å². The summed E-state index contributed by atoms with van der Waals surface area (Å²) in [6, 6.07) is 4.74. The van der Waals surface area contributed by atoms with Crippen molar-refractivity contribution in [3.63, 3.8) is 0 Å². The van der Waals surface area contributed by atoms with E-state index in [-0.39, 0.29) is 24.5 Å². The molecule has 1 aromatic rings. The van der Waals surface area contributed by atoms with E-state index in [2.05, 4.69) is 5.32 Å². The molecule has 5 nitrogen and oxygen atoms in total. The number of benzene rings is 1. The van der Waals surface area contributed by atoms with E-state index < -0.39 is 5.60 Å². The number of aryl methyl sites for hydroxylation is 1. The molecule has 0 spiro atoms. The smallest absolute Gasteiger partial charge is 0.317 e. The molecule has 2 aliphatic rings. The van der Waals surface area contributed by atoms with Crippen LogP contribution >= 0.6 is 0 Å². The molecule has 1 aliphatic carbocycles. The predicted octanol–water partition coefficient (Wildman–Crippen LogP) is 2.11. The molecular weight excluding hydrogens is 311 g/mol. The molecule has 0 radical (unpaired) electrons. The number of hydrogen-bond donors (Lipinski definition) is 3. The molecule has 1 saturated carbocycles. The van der Waals surface area contributed by atoms with Crippen molar-refractivity contribution in [1.82, 2.24) is 10.2 Å². The third-order valence-electron chi connectivity index (χ3n) is 5.19. The summed E-state index contributed by atoms with van der Waals surface area (Å²) in [5.41, 5.74) is 0.452. The summed E-state index contributed by atoms with van der Waals surface area (Å²) in [7, 11) is 0. The van der Waals surface area contributed by atoms with Crippen molar-refractivity contribution in [3.05, 3.63) is 35.1 Å². The molecule has 2 amide bonds. The molecule has 3 rings (SSSR count). The van der Waals surface area contributed by atoms with Crippen LogP contribution in [0.5, 0.6) is 0 Å². The standard InChI is InChI=1S/C18H25FN2O3/c1-12-10-14(4-5-15(12)19)16(13-2-3-13)20-17(23)21-8-6-18(24,11-22)7-9-21/h4-5,10,13,16,22,24H,2-3,6-9,11H2,1H3,(H,20,23). The number of urea groups is 1. The first kappa shape index (κ1) is 17.2. The van der Waals surface area contributed by atoms with Gasteiger partial charge in [-0.25, -0.2) is 9.18 Å². The van der Waals surface area contributed by atoms with Crippen molar-refractivity contribution < 1.29 is 19.4 Å². The highest BCUT2D eigenvalue weighted by Gasteiger charge is 2.37. The number of rotatable bonds is 4. The van der Waals surface area contributed by atoms with Gasteiger partial charge in [-0.2, -0.15) is 0 Å². The molecule has 1 aromatic carbocycles. The second-order valence-corrected chi connectivity index (χ2v) is 7.14. The number of nitrogens with one attached hydrogen (secondary N) is 1. The quantitative estimate of drug-likeness (QED) is 0.788. The second-order valence-electron chi connectivity index (χ2n) is 7.14. The highest BCUT2D eigenvalue weighted by Crippen LogP contribution is 2.41. The summed E-state index contributed by atoms with van der Waals surface area (Å²) in [6.07, 6.45) is 2.87. The highest BCUT2D eigenvalue weighted by atomic mass is 19.1. The van der Waals surface area contributed by atoms with E-state index in [1.165, 1.54) is 6.07 Å². The lowest BCUT2D eigenvalue weighted by molar-refractivity contribution is -0.0528. The lowest BCUT2D eigenvalue weighted by Crippen LogP contribution is -2.51. The van der Waals surface area contributed by atoms with E-state index in [0.717, 1.165) is 18.4 Å². The van der Waals surface area contributed by atoms with Crippen molar-refractivity contribution in [3.8, 4) is 0 Å². The number of amides is 2. The molecule has 0 aromatic heterocycles. The van der Waals surface area contributed by atoms with Gasteiger partial charge in [0.2, 0.25) is 0 Å². The number of likely N-dealkylation sites (tertiary alicyclic amines) is 1. The Morgan fingerprint density at radius 1 is 1.42 bits per heavy atom. The van der Waals surface area contributed by atoms with Crippen LogP contribution in [0.4, 0.5) is 9.18 Å². The number of hydrogen-bond acceptors (Lipinski definition) is 3. The fourth-order valence-corrected chi connectivity index (χ4v) is 3.27. The van der Waals surface area contributed by atoms with Gasteiger partial charge in [0.05, 0.1) is 18.2 Å². The van der Waals surface area contributed by atoms with Crippen LogP contribution in [-0.4, -0.2) is 46.4 Å². The van der Waals surface area contributed by atoms with Crippen molar-refractivity contribution in [2.45, 2.75) is 44.2 Å². The van der Waals surface area contributed by atoms with Gasteiger partial charge < -0.3 is 20.4 Å². The molecule has 24 heavy (non-hydrogen) atoms. The molecule has 1 atom stereocenters. The Morgan fingerprint density at radius 2 is 2.08 bits per heavy atom. The molecule has 0 bridgehead atoms. The van der Waals surface area contributed by atoms with Gasteiger partial charge in [-0.15, -0.1) is 0 Å². The number of carbonyl (C=O) groups is 1. The number of aliphatic hydroxyl groups is 2. The molecular formula is C18H25FN2O3. The molecule has 1 heterocycles. The van der Waals surface area contributed by atoms with Gasteiger partial charge in [0, 0.05) is 13.1 Å². The maximum Gasteiger partial charge on any atom is 0.317 e. The van der Waals surface area contributed by atoms with Crippen LogP contribution in [0.2, 0.25) is 0 Å². The number of nitrogens with zero attached hydrogens (tertiary/aromatic N) is 1. The molecule has 1 saturated heterocycles. The minimum atomic E-state index is -1.07. The molecule has 1 aliphatic heterocycles. The summed E-state index contributed by atoms with van der Waals surface area (Å²) >= 11 is 0. The highest BCUT2D eigenvalue weighted by molar-refractivity contribution is 5.75. The Bertz CT molecular complexity index is 610. The second kappa shape index (κ2) is 6.69. The average molecular weight is 336 g/mol. The fourth-order valence-electron chi connectivity index (χ4n) is 3.27. The van der Waals surface area contributed by atoms with Crippen LogP contribution in [0.25, 0.3) is 0 Å². The van der Waals surface area contributed by atoms with Gasteiger partial charge in [0.1, 0.15) is 5.82 Å². The van der Waals surface area contributed by atoms with Crippen molar-refractivity contribution in [2.75, 3.05) is 19.7 Å².